The fraction of sp³-hybridized carbons (Fsp3) is 0.444. The second kappa shape index (κ2) is 6.72. The lowest BCUT2D eigenvalue weighted by atomic mass is 10.1. The zero-order chi connectivity index (χ0) is 19.2. The predicted octanol–water partition coefficient (Wildman–Crippen LogP) is 1.36. The SMILES string of the molecule is Cc1oc(-c2ccccc2F)nc1CC(=O)N1CCOC2CS(=O)(=O)CC21. The van der Waals surface area contributed by atoms with Crippen LogP contribution in [0.2, 0.25) is 0 Å². The number of oxazole rings is 1. The van der Waals surface area contributed by atoms with Crippen LogP contribution in [0.3, 0.4) is 0 Å². The molecule has 7 nitrogen and oxygen atoms in total. The molecule has 0 saturated carbocycles. The topological polar surface area (TPSA) is 89.7 Å². The normalized spacial score (nSPS) is 24.0. The molecule has 9 heteroatoms. The lowest BCUT2D eigenvalue weighted by Crippen LogP contribution is -2.53. The molecule has 1 amide bonds. The average Bonchev–Trinajstić information content (AvgIpc) is 3.12. The first-order valence-electron chi connectivity index (χ1n) is 8.67. The quantitative estimate of drug-likeness (QED) is 0.781. The maximum absolute atomic E-state index is 13.9. The van der Waals surface area contributed by atoms with Crippen molar-refractivity contribution in [1.82, 2.24) is 9.88 Å². The van der Waals surface area contributed by atoms with Gasteiger partial charge in [-0.3, -0.25) is 4.79 Å². The Balaban J connectivity index is 1.54. The van der Waals surface area contributed by atoms with E-state index >= 15 is 0 Å². The fourth-order valence-electron chi connectivity index (χ4n) is 3.61. The van der Waals surface area contributed by atoms with Crippen LogP contribution in [0.25, 0.3) is 11.5 Å². The standard InChI is InChI=1S/C18H19FN2O5S/c1-11-14(20-18(26-11)12-4-2-3-5-13(12)19)8-17(22)21-6-7-25-16-10-27(23,24)9-15(16)21/h2-5,15-16H,6-10H2,1H3. The number of halogens is 1. The highest BCUT2D eigenvalue weighted by Crippen LogP contribution is 2.27. The van der Waals surface area contributed by atoms with Gasteiger partial charge in [-0.05, 0) is 19.1 Å². The summed E-state index contributed by atoms with van der Waals surface area (Å²) in [5.41, 5.74) is 0.648. The van der Waals surface area contributed by atoms with Gasteiger partial charge in [0.1, 0.15) is 11.6 Å². The van der Waals surface area contributed by atoms with Crippen LogP contribution in [0, 0.1) is 12.7 Å². The summed E-state index contributed by atoms with van der Waals surface area (Å²) in [5, 5.41) is 0. The first kappa shape index (κ1) is 18.1. The molecule has 2 fully saturated rings. The third-order valence-corrected chi connectivity index (χ3v) is 6.66. The lowest BCUT2D eigenvalue weighted by Gasteiger charge is -2.36. The van der Waals surface area contributed by atoms with Crippen molar-refractivity contribution in [1.29, 1.82) is 0 Å². The minimum Gasteiger partial charge on any atom is -0.441 e. The van der Waals surface area contributed by atoms with Gasteiger partial charge in [0.15, 0.2) is 9.84 Å². The number of aromatic nitrogens is 1. The van der Waals surface area contributed by atoms with E-state index in [0.717, 1.165) is 0 Å². The molecule has 2 atom stereocenters. The predicted molar refractivity (Wildman–Crippen MR) is 94.2 cm³/mol. The van der Waals surface area contributed by atoms with Crippen LogP contribution in [-0.4, -0.2) is 61.0 Å². The van der Waals surface area contributed by atoms with Crippen molar-refractivity contribution in [2.24, 2.45) is 0 Å². The van der Waals surface area contributed by atoms with Crippen molar-refractivity contribution in [2.45, 2.75) is 25.5 Å². The van der Waals surface area contributed by atoms with Gasteiger partial charge in [0.2, 0.25) is 11.8 Å². The summed E-state index contributed by atoms with van der Waals surface area (Å²) in [4.78, 5) is 18.7. The number of morpholine rings is 1. The van der Waals surface area contributed by atoms with E-state index in [9.17, 15) is 17.6 Å². The van der Waals surface area contributed by atoms with E-state index < -0.39 is 27.8 Å². The molecule has 3 heterocycles. The Morgan fingerprint density at radius 3 is 2.89 bits per heavy atom. The van der Waals surface area contributed by atoms with E-state index in [2.05, 4.69) is 4.98 Å². The number of carbonyl (C=O) groups excluding carboxylic acids is 1. The maximum Gasteiger partial charge on any atom is 0.229 e. The molecule has 4 rings (SSSR count). The number of amides is 1. The number of sulfone groups is 1. The molecule has 2 aliphatic heterocycles. The molecule has 0 spiro atoms. The molecular formula is C18H19FN2O5S. The Morgan fingerprint density at radius 2 is 2.11 bits per heavy atom. The molecule has 2 aromatic rings. The summed E-state index contributed by atoms with van der Waals surface area (Å²) in [7, 11) is -3.21. The molecule has 0 radical (unpaired) electrons. The summed E-state index contributed by atoms with van der Waals surface area (Å²) < 4.78 is 48.8. The average molecular weight is 394 g/mol. The molecule has 1 aromatic carbocycles. The number of ether oxygens (including phenoxy) is 1. The molecule has 144 valence electrons. The third-order valence-electron chi connectivity index (χ3n) is 4.97. The first-order chi connectivity index (χ1) is 12.8. The highest BCUT2D eigenvalue weighted by atomic mass is 32.2. The first-order valence-corrected chi connectivity index (χ1v) is 10.5. The van der Waals surface area contributed by atoms with E-state index in [1.165, 1.54) is 6.07 Å². The smallest absolute Gasteiger partial charge is 0.229 e. The van der Waals surface area contributed by atoms with Gasteiger partial charge in [-0.15, -0.1) is 0 Å². The zero-order valence-corrected chi connectivity index (χ0v) is 15.5. The van der Waals surface area contributed by atoms with Gasteiger partial charge in [-0.25, -0.2) is 17.8 Å². The number of aryl methyl sites for hydroxylation is 1. The van der Waals surface area contributed by atoms with E-state index in [-0.39, 0.29) is 35.3 Å². The van der Waals surface area contributed by atoms with E-state index in [4.69, 9.17) is 9.15 Å². The van der Waals surface area contributed by atoms with Gasteiger partial charge in [0.25, 0.3) is 0 Å². The number of hydrogen-bond donors (Lipinski definition) is 0. The van der Waals surface area contributed by atoms with Crippen molar-refractivity contribution in [3.8, 4) is 11.5 Å². The molecule has 0 aliphatic carbocycles. The molecule has 1 aromatic heterocycles. The summed E-state index contributed by atoms with van der Waals surface area (Å²) >= 11 is 0. The van der Waals surface area contributed by atoms with Gasteiger partial charge < -0.3 is 14.1 Å². The number of nitrogens with zero attached hydrogens (tertiary/aromatic N) is 2. The molecule has 2 unspecified atom stereocenters. The Morgan fingerprint density at radius 1 is 1.33 bits per heavy atom. The minimum absolute atomic E-state index is 0.0347. The Kier molecular flexibility index (Phi) is 4.51. The number of fused-ring (bicyclic) bond motifs is 1. The van der Waals surface area contributed by atoms with Gasteiger partial charge in [-0.2, -0.15) is 0 Å². The molecule has 0 bridgehead atoms. The monoisotopic (exact) mass is 394 g/mol. The van der Waals surface area contributed by atoms with Crippen LogP contribution in [-0.2, 0) is 25.8 Å². The van der Waals surface area contributed by atoms with Crippen molar-refractivity contribution in [2.75, 3.05) is 24.7 Å². The molecule has 2 aliphatic rings. The number of rotatable bonds is 3. The Hall–Kier alpha value is -2.26. The maximum atomic E-state index is 13.9. The third kappa shape index (κ3) is 3.49. The van der Waals surface area contributed by atoms with Gasteiger partial charge in [0.05, 0.1) is 47.9 Å². The highest BCUT2D eigenvalue weighted by molar-refractivity contribution is 7.91. The highest BCUT2D eigenvalue weighted by Gasteiger charge is 2.45. The Bertz CT molecular complexity index is 987. The van der Waals surface area contributed by atoms with Crippen LogP contribution in [0.1, 0.15) is 11.5 Å². The van der Waals surface area contributed by atoms with Crippen LogP contribution in [0.15, 0.2) is 28.7 Å². The van der Waals surface area contributed by atoms with E-state index in [1.54, 1.807) is 30.0 Å². The Labute approximate surface area is 156 Å². The summed E-state index contributed by atoms with van der Waals surface area (Å²) in [6, 6.07) is 5.66. The van der Waals surface area contributed by atoms with Gasteiger partial charge in [0, 0.05) is 6.54 Å². The van der Waals surface area contributed by atoms with E-state index in [0.29, 0.717) is 24.6 Å². The number of hydrogen-bond acceptors (Lipinski definition) is 6. The largest absolute Gasteiger partial charge is 0.441 e. The lowest BCUT2D eigenvalue weighted by molar-refractivity contribution is -0.142. The van der Waals surface area contributed by atoms with Gasteiger partial charge in [-0.1, -0.05) is 12.1 Å². The van der Waals surface area contributed by atoms with Crippen LogP contribution in [0.5, 0.6) is 0 Å². The zero-order valence-electron chi connectivity index (χ0n) is 14.7. The molecular weight excluding hydrogens is 375 g/mol. The molecule has 27 heavy (non-hydrogen) atoms. The van der Waals surface area contributed by atoms with Gasteiger partial charge >= 0.3 is 0 Å². The van der Waals surface area contributed by atoms with Crippen LogP contribution in [0.4, 0.5) is 4.39 Å². The van der Waals surface area contributed by atoms with Crippen LogP contribution < -0.4 is 0 Å². The van der Waals surface area contributed by atoms with E-state index in [1.807, 2.05) is 0 Å². The summed E-state index contributed by atoms with van der Waals surface area (Å²) in [5.74, 6) is -0.267. The van der Waals surface area contributed by atoms with Crippen molar-refractivity contribution >= 4 is 15.7 Å². The van der Waals surface area contributed by atoms with Crippen molar-refractivity contribution in [3.05, 3.63) is 41.5 Å². The second-order valence-electron chi connectivity index (χ2n) is 6.82. The van der Waals surface area contributed by atoms with Crippen molar-refractivity contribution in [3.63, 3.8) is 0 Å². The van der Waals surface area contributed by atoms with Crippen molar-refractivity contribution < 1.29 is 26.8 Å². The minimum atomic E-state index is -3.21. The van der Waals surface area contributed by atoms with Crippen LogP contribution >= 0.6 is 0 Å². The second-order valence-corrected chi connectivity index (χ2v) is 8.97. The fourth-order valence-corrected chi connectivity index (χ4v) is 5.48. The summed E-state index contributed by atoms with van der Waals surface area (Å²) in [6.07, 6.45) is -0.507. The number of benzene rings is 1. The summed E-state index contributed by atoms with van der Waals surface area (Å²) in [6.45, 7) is 2.31. The molecule has 0 N–H and O–H groups in total. The number of carbonyl (C=O) groups is 1. The molecule has 2 saturated heterocycles.